The van der Waals surface area contributed by atoms with Crippen molar-refractivity contribution in [3.63, 3.8) is 0 Å². The van der Waals surface area contributed by atoms with E-state index >= 15 is 0 Å². The summed E-state index contributed by atoms with van der Waals surface area (Å²) in [6, 6.07) is 10.6. The molecule has 1 aromatic carbocycles. The summed E-state index contributed by atoms with van der Waals surface area (Å²) >= 11 is 0. The maximum Gasteiger partial charge on any atom is 0.227 e. The Morgan fingerprint density at radius 2 is 2.07 bits per heavy atom. The van der Waals surface area contributed by atoms with Gasteiger partial charge in [-0.05, 0) is 30.9 Å². The van der Waals surface area contributed by atoms with Crippen LogP contribution < -0.4 is 10.6 Å². The van der Waals surface area contributed by atoms with Gasteiger partial charge in [0.2, 0.25) is 5.91 Å². The van der Waals surface area contributed by atoms with Crippen molar-refractivity contribution in [3.8, 4) is 0 Å². The van der Waals surface area contributed by atoms with E-state index < -0.39 is 0 Å². The average Bonchev–Trinajstić information content (AvgIpc) is 3.12. The number of halogens is 2. The van der Waals surface area contributed by atoms with Crippen LogP contribution in [0.3, 0.4) is 0 Å². The first-order valence-electron chi connectivity index (χ1n) is 10.1. The number of benzene rings is 1. The van der Waals surface area contributed by atoms with E-state index in [1.165, 1.54) is 24.8 Å². The third-order valence-electron chi connectivity index (χ3n) is 6.45. The van der Waals surface area contributed by atoms with Gasteiger partial charge in [0, 0.05) is 32.7 Å². The second-order valence-electron chi connectivity index (χ2n) is 8.15. The molecule has 3 atom stereocenters. The average molecular weight is 430 g/mol. The first-order valence-corrected chi connectivity index (χ1v) is 10.1. The van der Waals surface area contributed by atoms with Crippen molar-refractivity contribution >= 4 is 30.7 Å². The van der Waals surface area contributed by atoms with Crippen LogP contribution in [0.4, 0.5) is 0 Å². The lowest BCUT2D eigenvalue weighted by Gasteiger charge is -2.38. The fraction of sp³-hybridized carbons (Fsp3) is 0.667. The predicted octanol–water partition coefficient (Wildman–Crippen LogP) is 2.63. The number of carbonyl (C=O) groups is 1. The van der Waals surface area contributed by atoms with E-state index in [0.29, 0.717) is 12.5 Å². The first-order chi connectivity index (χ1) is 12.8. The zero-order chi connectivity index (χ0) is 17.8. The maximum absolute atomic E-state index is 13.0. The van der Waals surface area contributed by atoms with E-state index in [1.807, 2.05) is 0 Å². The molecule has 158 valence electrons. The van der Waals surface area contributed by atoms with Gasteiger partial charge in [0.1, 0.15) is 0 Å². The van der Waals surface area contributed by atoms with Gasteiger partial charge < -0.3 is 15.4 Å². The molecule has 0 radical (unpaired) electrons. The Morgan fingerprint density at radius 1 is 1.25 bits per heavy atom. The molecule has 1 saturated carbocycles. The molecule has 5 nitrogen and oxygen atoms in total. The number of nitrogens with zero attached hydrogens (tertiary/aromatic N) is 1. The zero-order valence-electron chi connectivity index (χ0n) is 16.4. The van der Waals surface area contributed by atoms with Gasteiger partial charge in [0.25, 0.3) is 0 Å². The minimum Gasteiger partial charge on any atom is -0.374 e. The SMILES string of the molecule is Cl.Cl.O=C(NCC1CN(Cc2ccccc2)CCO1)[C@@]12CCCC[C@H]1CNC2. The molecule has 4 rings (SSSR count). The number of amides is 1. The van der Waals surface area contributed by atoms with Gasteiger partial charge in [-0.3, -0.25) is 9.69 Å². The normalized spacial score (nSPS) is 29.9. The number of morpholine rings is 1. The van der Waals surface area contributed by atoms with Crippen molar-refractivity contribution in [2.24, 2.45) is 11.3 Å². The van der Waals surface area contributed by atoms with Crippen molar-refractivity contribution in [2.45, 2.75) is 38.3 Å². The highest BCUT2D eigenvalue weighted by Crippen LogP contribution is 2.43. The van der Waals surface area contributed by atoms with Crippen LogP contribution in [-0.2, 0) is 16.1 Å². The third-order valence-corrected chi connectivity index (χ3v) is 6.45. The van der Waals surface area contributed by atoms with Gasteiger partial charge in [0.05, 0.1) is 18.1 Å². The van der Waals surface area contributed by atoms with Crippen LogP contribution in [0.1, 0.15) is 31.2 Å². The topological polar surface area (TPSA) is 53.6 Å². The molecule has 2 saturated heterocycles. The second-order valence-corrected chi connectivity index (χ2v) is 8.15. The lowest BCUT2D eigenvalue weighted by molar-refractivity contribution is -0.135. The highest BCUT2D eigenvalue weighted by Gasteiger charge is 2.49. The smallest absolute Gasteiger partial charge is 0.227 e. The number of hydrogen-bond donors (Lipinski definition) is 2. The Bertz CT molecular complexity index is 619. The molecule has 2 aliphatic heterocycles. The van der Waals surface area contributed by atoms with Crippen molar-refractivity contribution in [1.82, 2.24) is 15.5 Å². The van der Waals surface area contributed by atoms with E-state index in [0.717, 1.165) is 45.8 Å². The van der Waals surface area contributed by atoms with Crippen molar-refractivity contribution in [2.75, 3.05) is 39.3 Å². The fourth-order valence-corrected chi connectivity index (χ4v) is 4.96. The molecule has 3 fully saturated rings. The first kappa shape index (κ1) is 23.4. The molecule has 1 amide bonds. The van der Waals surface area contributed by atoms with Gasteiger partial charge >= 0.3 is 0 Å². The van der Waals surface area contributed by atoms with Crippen LogP contribution >= 0.6 is 24.8 Å². The molecule has 2 N–H and O–H groups in total. The molecule has 1 unspecified atom stereocenters. The molecule has 7 heteroatoms. The summed E-state index contributed by atoms with van der Waals surface area (Å²) in [6.07, 6.45) is 4.75. The summed E-state index contributed by atoms with van der Waals surface area (Å²) in [5.41, 5.74) is 1.16. The molecular weight excluding hydrogens is 397 g/mol. The Kier molecular flexibility index (Phi) is 9.03. The van der Waals surface area contributed by atoms with Gasteiger partial charge in [-0.15, -0.1) is 24.8 Å². The zero-order valence-corrected chi connectivity index (χ0v) is 18.0. The van der Waals surface area contributed by atoms with Crippen molar-refractivity contribution in [1.29, 1.82) is 0 Å². The van der Waals surface area contributed by atoms with E-state index in [2.05, 4.69) is 45.9 Å². The van der Waals surface area contributed by atoms with Crippen LogP contribution in [0.25, 0.3) is 0 Å². The van der Waals surface area contributed by atoms with Crippen LogP contribution in [0.2, 0.25) is 0 Å². The number of hydrogen-bond acceptors (Lipinski definition) is 4. The highest BCUT2D eigenvalue weighted by molar-refractivity contribution is 5.85. The maximum atomic E-state index is 13.0. The Hall–Kier alpha value is -0.850. The van der Waals surface area contributed by atoms with E-state index in [1.54, 1.807) is 0 Å². The van der Waals surface area contributed by atoms with Crippen LogP contribution in [0, 0.1) is 11.3 Å². The summed E-state index contributed by atoms with van der Waals surface area (Å²) in [7, 11) is 0. The minimum absolute atomic E-state index is 0. The molecular formula is C21H33Cl2N3O2. The number of nitrogens with one attached hydrogen (secondary N) is 2. The molecule has 28 heavy (non-hydrogen) atoms. The minimum atomic E-state index is -0.170. The van der Waals surface area contributed by atoms with E-state index in [9.17, 15) is 4.79 Å². The summed E-state index contributed by atoms with van der Waals surface area (Å²) in [4.78, 5) is 15.4. The number of rotatable bonds is 5. The summed E-state index contributed by atoms with van der Waals surface area (Å²) < 4.78 is 5.92. The molecule has 0 aromatic heterocycles. The molecule has 3 aliphatic rings. The number of carbonyl (C=O) groups excluding carboxylic acids is 1. The highest BCUT2D eigenvalue weighted by atomic mass is 35.5. The third kappa shape index (κ3) is 5.19. The largest absolute Gasteiger partial charge is 0.374 e. The Labute approximate surface area is 180 Å². The number of ether oxygens (including phenoxy) is 1. The molecule has 1 aliphatic carbocycles. The van der Waals surface area contributed by atoms with Crippen molar-refractivity contribution < 1.29 is 9.53 Å². The predicted molar refractivity (Wildman–Crippen MR) is 116 cm³/mol. The van der Waals surface area contributed by atoms with E-state index in [4.69, 9.17) is 4.74 Å². The van der Waals surface area contributed by atoms with Gasteiger partial charge in [-0.25, -0.2) is 0 Å². The summed E-state index contributed by atoms with van der Waals surface area (Å²) in [6.45, 7) is 5.98. The molecule has 0 spiro atoms. The summed E-state index contributed by atoms with van der Waals surface area (Å²) in [5.74, 6) is 0.758. The quantitative estimate of drug-likeness (QED) is 0.754. The summed E-state index contributed by atoms with van der Waals surface area (Å²) in [5, 5.41) is 6.70. The molecule has 0 bridgehead atoms. The lowest BCUT2D eigenvalue weighted by atomic mass is 9.67. The fourth-order valence-electron chi connectivity index (χ4n) is 4.96. The standard InChI is InChI=1S/C21H31N3O2.2ClH/c25-20(21-9-5-4-8-18(21)12-22-16-21)23-13-19-15-24(10-11-26-19)14-17-6-2-1-3-7-17;;/h1-3,6-7,18-19,22H,4-5,8-16H2,(H,23,25);2*1H/t18-,19?,21+;;/m0../s1. The Morgan fingerprint density at radius 3 is 2.89 bits per heavy atom. The monoisotopic (exact) mass is 429 g/mol. The molecule has 2 heterocycles. The Balaban J connectivity index is 0.00000140. The van der Waals surface area contributed by atoms with Crippen LogP contribution in [0.5, 0.6) is 0 Å². The molecule has 1 aromatic rings. The van der Waals surface area contributed by atoms with Crippen LogP contribution in [-0.4, -0.2) is 56.2 Å². The van der Waals surface area contributed by atoms with Crippen molar-refractivity contribution in [3.05, 3.63) is 35.9 Å². The van der Waals surface area contributed by atoms with Gasteiger partial charge in [-0.1, -0.05) is 43.2 Å². The lowest BCUT2D eigenvalue weighted by Crippen LogP contribution is -2.52. The second kappa shape index (κ2) is 10.8. The number of fused-ring (bicyclic) bond motifs is 1. The van der Waals surface area contributed by atoms with Crippen LogP contribution in [0.15, 0.2) is 30.3 Å². The van der Waals surface area contributed by atoms with Gasteiger partial charge in [-0.2, -0.15) is 0 Å². The van der Waals surface area contributed by atoms with Gasteiger partial charge in [0.15, 0.2) is 0 Å². The van der Waals surface area contributed by atoms with E-state index in [-0.39, 0.29) is 42.2 Å².